The van der Waals surface area contributed by atoms with E-state index in [9.17, 15) is 48.6 Å². The van der Waals surface area contributed by atoms with Gasteiger partial charge in [0.1, 0.15) is 60.4 Å². The third-order valence-corrected chi connectivity index (χ3v) is 12.6. The summed E-state index contributed by atoms with van der Waals surface area (Å²) in [6.07, 6.45) is -3.59. The summed E-state index contributed by atoms with van der Waals surface area (Å²) in [4.78, 5) is 129. The lowest BCUT2D eigenvalue weighted by molar-refractivity contribution is -0.165. The van der Waals surface area contributed by atoms with Crippen molar-refractivity contribution in [3.05, 3.63) is 65.7 Å². The molecule has 20 nitrogen and oxygen atoms in total. The number of aliphatic hydroxyl groups is 1. The molecule has 2 fully saturated rings. The van der Waals surface area contributed by atoms with Crippen LogP contribution in [0.5, 0.6) is 5.75 Å². The van der Waals surface area contributed by atoms with Gasteiger partial charge in [0.2, 0.25) is 47.3 Å². The Morgan fingerprint density at radius 3 is 2.03 bits per heavy atom. The molecular weight excluding hydrogens is 893 g/mol. The van der Waals surface area contributed by atoms with Gasteiger partial charge in [-0.3, -0.25) is 38.4 Å². The molecule has 0 spiro atoms. The average Bonchev–Trinajstić information content (AvgIpc) is 3.30. The summed E-state index contributed by atoms with van der Waals surface area (Å²) in [7, 11) is 1.37. The van der Waals surface area contributed by atoms with E-state index in [1.807, 2.05) is 0 Å². The SMILES string of the molecule is CC[C@H](C)[C@@H]1NC(=O)[C@H](Cc2ccc(O)cc2)N(C)C(=O)[C@H](Cc2ccccc2)N2C(=O)[C@H](CC[C@H]2O)NC(=O)[C@H](CC(C)C)NC(=O)[C@@H](NC(=O)[C@H](CCC(N)=O)NC(=O)C(C)C)[C@@H](C)OC1=O. The van der Waals surface area contributed by atoms with Gasteiger partial charge in [-0.2, -0.15) is 0 Å². The highest BCUT2D eigenvalue weighted by Gasteiger charge is 2.46. The zero-order valence-corrected chi connectivity index (χ0v) is 40.7. The predicted molar refractivity (Wildman–Crippen MR) is 252 cm³/mol. The Morgan fingerprint density at radius 2 is 1.43 bits per heavy atom. The number of cyclic esters (lactones) is 1. The number of carbonyl (C=O) groups excluding carboxylic acids is 9. The van der Waals surface area contributed by atoms with Crippen molar-refractivity contribution in [3.8, 4) is 5.75 Å². The van der Waals surface area contributed by atoms with Crippen LogP contribution in [0.3, 0.4) is 0 Å². The van der Waals surface area contributed by atoms with Gasteiger partial charge in [-0.15, -0.1) is 0 Å². The molecule has 2 aromatic rings. The number of nitrogens with zero attached hydrogens (tertiary/aromatic N) is 2. The molecule has 0 unspecified atom stereocenters. The van der Waals surface area contributed by atoms with Crippen LogP contribution in [-0.2, 0) is 60.7 Å². The number of nitrogens with one attached hydrogen (secondary N) is 5. The zero-order chi connectivity index (χ0) is 51.3. The van der Waals surface area contributed by atoms with Crippen LogP contribution in [0.25, 0.3) is 0 Å². The topological polar surface area (TPSA) is 296 Å². The molecule has 2 bridgehead atoms. The van der Waals surface area contributed by atoms with Gasteiger partial charge in [-0.05, 0) is 67.7 Å². The maximum Gasteiger partial charge on any atom is 0.329 e. The van der Waals surface area contributed by atoms with E-state index < -0.39 is 120 Å². The number of benzene rings is 2. The number of hydrogen-bond donors (Lipinski definition) is 8. The number of ether oxygens (including phenoxy) is 1. The van der Waals surface area contributed by atoms with Crippen LogP contribution in [0.4, 0.5) is 0 Å². The van der Waals surface area contributed by atoms with Gasteiger partial charge in [0, 0.05) is 32.2 Å². The van der Waals surface area contributed by atoms with Crippen LogP contribution < -0.4 is 32.3 Å². The molecule has 2 aromatic carbocycles. The Hall–Kier alpha value is -6.57. The van der Waals surface area contributed by atoms with Gasteiger partial charge in [0.15, 0.2) is 0 Å². The monoisotopic (exact) mass is 963 g/mol. The van der Waals surface area contributed by atoms with E-state index in [1.54, 1.807) is 84.0 Å². The molecule has 69 heavy (non-hydrogen) atoms. The number of primary amides is 1. The molecule has 9 N–H and O–H groups in total. The number of fused-ring (bicyclic) bond motifs is 2. The van der Waals surface area contributed by atoms with Crippen molar-refractivity contribution < 1.29 is 58.1 Å². The fourth-order valence-corrected chi connectivity index (χ4v) is 8.22. The summed E-state index contributed by atoms with van der Waals surface area (Å²) >= 11 is 0. The lowest BCUT2D eigenvalue weighted by Gasteiger charge is -2.43. The van der Waals surface area contributed by atoms with Gasteiger partial charge in [-0.25, -0.2) is 4.79 Å². The fraction of sp³-hybridized carbons (Fsp3) is 0.571. The highest BCUT2D eigenvalue weighted by Crippen LogP contribution is 2.26. The van der Waals surface area contributed by atoms with Crippen LogP contribution in [0.1, 0.15) is 98.1 Å². The van der Waals surface area contributed by atoms with E-state index in [2.05, 4.69) is 26.6 Å². The Morgan fingerprint density at radius 1 is 0.812 bits per heavy atom. The summed E-state index contributed by atoms with van der Waals surface area (Å²) in [5, 5.41) is 34.9. The van der Waals surface area contributed by atoms with Crippen molar-refractivity contribution in [2.24, 2.45) is 23.5 Å². The molecule has 0 aliphatic carbocycles. The minimum absolute atomic E-state index is 0.0236. The van der Waals surface area contributed by atoms with Crippen LogP contribution in [0.15, 0.2) is 54.6 Å². The highest BCUT2D eigenvalue weighted by atomic mass is 16.5. The van der Waals surface area contributed by atoms with Gasteiger partial charge < -0.3 is 57.1 Å². The fourth-order valence-electron chi connectivity index (χ4n) is 8.22. The second kappa shape index (κ2) is 25.2. The summed E-state index contributed by atoms with van der Waals surface area (Å²) in [6, 6.07) is 4.70. The van der Waals surface area contributed by atoms with Crippen molar-refractivity contribution in [2.45, 2.75) is 154 Å². The number of likely N-dealkylation sites (N-methyl/N-ethyl adjacent to an activating group) is 1. The molecular formula is C49H70N8O12. The number of carbonyl (C=O) groups is 9. The first-order valence-electron chi connectivity index (χ1n) is 23.6. The molecule has 0 saturated carbocycles. The first-order chi connectivity index (χ1) is 32.5. The van der Waals surface area contributed by atoms with Crippen molar-refractivity contribution in [3.63, 3.8) is 0 Å². The first-order valence-corrected chi connectivity index (χ1v) is 23.6. The molecule has 20 heteroatoms. The average molecular weight is 963 g/mol. The van der Waals surface area contributed by atoms with Gasteiger partial charge in [-0.1, -0.05) is 90.4 Å². The number of phenolic OH excluding ortho intramolecular Hbond substituents is 1. The standard InChI is InChI=1S/C49H70N8O12/c1-9-28(6)40-49(68)69-29(7)41(55-43(62)33(19-21-38(50)59)51-42(61)27(4)5)46(65)53-35(23-26(2)3)44(63)52-34-20-22-39(60)57(47(34)66)37(25-30-13-11-10-12-14-30)48(67)56(8)36(45(64)54-40)24-31-15-17-32(58)18-16-31/h10-18,26-29,33-37,39-41,58,60H,9,19-25H2,1-8H3,(H2,50,59)(H,51,61)(H,52,63)(H,53,65)(H,54,64)(H,55,62)/t28-,29+,33-,34-,35-,36-,37-,39+,40-,41-/m0/s1. The van der Waals surface area contributed by atoms with Crippen molar-refractivity contribution >= 4 is 53.2 Å². The number of nitrogens with two attached hydrogens (primary N) is 1. The third kappa shape index (κ3) is 15.2. The van der Waals surface area contributed by atoms with E-state index in [4.69, 9.17) is 10.5 Å². The second-order valence-corrected chi connectivity index (χ2v) is 18.8. The molecule has 2 heterocycles. The predicted octanol–water partition coefficient (Wildman–Crippen LogP) is 0.697. The van der Waals surface area contributed by atoms with E-state index in [0.717, 1.165) is 9.80 Å². The number of esters is 1. The number of amides is 8. The largest absolute Gasteiger partial charge is 0.508 e. The minimum atomic E-state index is -1.75. The molecule has 2 saturated heterocycles. The Labute approximate surface area is 403 Å². The molecule has 2 aliphatic heterocycles. The number of hydrogen-bond acceptors (Lipinski definition) is 12. The first kappa shape index (κ1) is 55.0. The van der Waals surface area contributed by atoms with Crippen molar-refractivity contribution in [2.75, 3.05) is 7.05 Å². The van der Waals surface area contributed by atoms with Crippen LogP contribution >= 0.6 is 0 Å². The highest BCUT2D eigenvalue weighted by molar-refractivity contribution is 5.98. The van der Waals surface area contributed by atoms with E-state index >= 15 is 4.79 Å². The van der Waals surface area contributed by atoms with Crippen LogP contribution in [-0.4, -0.2) is 135 Å². The van der Waals surface area contributed by atoms with Gasteiger partial charge >= 0.3 is 5.97 Å². The maximum atomic E-state index is 15.1. The van der Waals surface area contributed by atoms with Crippen molar-refractivity contribution in [1.82, 2.24) is 36.4 Å². The normalized spacial score (nSPS) is 25.3. The molecule has 10 atom stereocenters. The Balaban J connectivity index is 1.90. The molecule has 0 radical (unpaired) electrons. The van der Waals surface area contributed by atoms with Crippen LogP contribution in [0.2, 0.25) is 0 Å². The van der Waals surface area contributed by atoms with Gasteiger partial charge in [0.05, 0.1) is 0 Å². The number of aliphatic hydroxyl groups excluding tert-OH is 1. The van der Waals surface area contributed by atoms with E-state index in [-0.39, 0.29) is 56.6 Å². The van der Waals surface area contributed by atoms with E-state index in [0.29, 0.717) is 17.5 Å². The summed E-state index contributed by atoms with van der Waals surface area (Å²) in [5.41, 5.74) is 6.51. The lowest BCUT2D eigenvalue weighted by atomic mass is 9.94. The summed E-state index contributed by atoms with van der Waals surface area (Å²) in [6.45, 7) is 11.5. The second-order valence-electron chi connectivity index (χ2n) is 18.8. The number of piperidine rings is 1. The molecule has 0 aromatic heterocycles. The number of rotatable bonds is 15. The van der Waals surface area contributed by atoms with Crippen LogP contribution in [0, 0.1) is 17.8 Å². The quantitative estimate of drug-likeness (QED) is 0.115. The molecule has 8 amide bonds. The summed E-state index contributed by atoms with van der Waals surface area (Å²) < 4.78 is 5.93. The Kier molecular flexibility index (Phi) is 20.1. The number of phenols is 1. The third-order valence-electron chi connectivity index (χ3n) is 12.6. The molecule has 378 valence electrons. The minimum Gasteiger partial charge on any atom is -0.508 e. The zero-order valence-electron chi connectivity index (χ0n) is 40.7. The summed E-state index contributed by atoms with van der Waals surface area (Å²) in [5.74, 6) is -8.88. The smallest absolute Gasteiger partial charge is 0.329 e. The van der Waals surface area contributed by atoms with Gasteiger partial charge in [0.25, 0.3) is 0 Å². The number of aromatic hydroxyl groups is 1. The molecule has 4 rings (SSSR count). The molecule has 2 aliphatic rings. The lowest BCUT2D eigenvalue weighted by Crippen LogP contribution is -2.65. The van der Waals surface area contributed by atoms with Crippen molar-refractivity contribution in [1.29, 1.82) is 0 Å². The van der Waals surface area contributed by atoms with E-state index in [1.165, 1.54) is 26.1 Å². The Bertz CT molecular complexity index is 2150. The maximum absolute atomic E-state index is 15.1.